The molecule has 0 spiro atoms. The van der Waals surface area contributed by atoms with E-state index in [0.29, 0.717) is 12.0 Å². The van der Waals surface area contributed by atoms with Gasteiger partial charge in [0.15, 0.2) is 0 Å². The molecule has 0 amide bonds. The van der Waals surface area contributed by atoms with Gasteiger partial charge in [-0.2, -0.15) is 5.92 Å². The van der Waals surface area contributed by atoms with Gasteiger partial charge in [0.05, 0.1) is 0 Å². The van der Waals surface area contributed by atoms with Crippen LogP contribution in [-0.2, 0) is 21.1 Å². The van der Waals surface area contributed by atoms with Crippen LogP contribution in [0.25, 0.3) is 0 Å². The van der Waals surface area contributed by atoms with Crippen molar-refractivity contribution in [2.45, 2.75) is 31.7 Å². The van der Waals surface area contributed by atoms with Gasteiger partial charge in [0.25, 0.3) is 0 Å². The van der Waals surface area contributed by atoms with Gasteiger partial charge in [-0.25, -0.2) is 0 Å². The van der Waals surface area contributed by atoms with Crippen LogP contribution < -0.4 is 5.73 Å². The standard InChI is InChI=1S/C7H14N.CH4O.W/c1-6-2-4-7(8)5-3-6;1-2;/h6-7H,1-5,8H2;2H,1H3;/q-1;;. The molecule has 0 bridgehead atoms. The summed E-state index contributed by atoms with van der Waals surface area (Å²) in [6.07, 6.45) is 4.85. The second kappa shape index (κ2) is 8.70. The minimum atomic E-state index is 0. The van der Waals surface area contributed by atoms with E-state index in [0.717, 1.165) is 7.11 Å². The Bertz CT molecular complexity index is 62.5. The monoisotopic (exact) mass is 328 g/mol. The van der Waals surface area contributed by atoms with Gasteiger partial charge in [-0.15, -0.1) is 0 Å². The maximum absolute atomic E-state index is 7.00. The first-order valence-corrected chi connectivity index (χ1v) is 3.82. The van der Waals surface area contributed by atoms with Crippen LogP contribution in [-0.4, -0.2) is 18.3 Å². The van der Waals surface area contributed by atoms with E-state index in [1.54, 1.807) is 0 Å². The van der Waals surface area contributed by atoms with Crippen molar-refractivity contribution in [2.24, 2.45) is 11.7 Å². The normalized spacial score (nSPS) is 29.5. The van der Waals surface area contributed by atoms with Crippen LogP contribution in [0.5, 0.6) is 0 Å². The predicted octanol–water partition coefficient (Wildman–Crippen LogP) is 0.944. The van der Waals surface area contributed by atoms with Crippen LogP contribution in [0.4, 0.5) is 0 Å². The number of hydrogen-bond donors (Lipinski definition) is 2. The van der Waals surface area contributed by atoms with Crippen LogP contribution in [0.1, 0.15) is 25.7 Å². The molecule has 0 unspecified atom stereocenters. The molecule has 0 heterocycles. The Morgan fingerprint density at radius 2 is 1.55 bits per heavy atom. The summed E-state index contributed by atoms with van der Waals surface area (Å²) in [5.41, 5.74) is 5.67. The molecular weight excluding hydrogens is 310 g/mol. The molecule has 0 radical (unpaired) electrons. The molecular formula is C8H18NOW-. The van der Waals surface area contributed by atoms with E-state index in [-0.39, 0.29) is 21.1 Å². The van der Waals surface area contributed by atoms with Gasteiger partial charge in [-0.05, 0) is 12.8 Å². The summed E-state index contributed by atoms with van der Waals surface area (Å²) in [5.74, 6) is 0.690. The summed E-state index contributed by atoms with van der Waals surface area (Å²) >= 11 is 0. The Morgan fingerprint density at radius 3 is 1.82 bits per heavy atom. The molecule has 0 atom stereocenters. The Balaban J connectivity index is 0. The van der Waals surface area contributed by atoms with Crippen LogP contribution in [0.15, 0.2) is 0 Å². The third-order valence-electron chi connectivity index (χ3n) is 1.89. The maximum atomic E-state index is 7.00. The van der Waals surface area contributed by atoms with Gasteiger partial charge in [-0.3, -0.25) is 0 Å². The van der Waals surface area contributed by atoms with Crippen molar-refractivity contribution in [2.75, 3.05) is 7.11 Å². The predicted molar refractivity (Wildman–Crippen MR) is 43.4 cm³/mol. The number of rotatable bonds is 0. The zero-order valence-electron chi connectivity index (χ0n) is 7.12. The summed E-state index contributed by atoms with van der Waals surface area (Å²) in [7, 11) is 1.00. The van der Waals surface area contributed by atoms with E-state index >= 15 is 0 Å². The Labute approximate surface area is 83.8 Å². The van der Waals surface area contributed by atoms with Gasteiger partial charge in [-0.1, -0.05) is 12.8 Å². The first kappa shape index (κ1) is 14.2. The van der Waals surface area contributed by atoms with Crippen molar-refractivity contribution in [1.82, 2.24) is 0 Å². The fourth-order valence-corrected chi connectivity index (χ4v) is 1.19. The van der Waals surface area contributed by atoms with Crippen LogP contribution in [0.2, 0.25) is 0 Å². The number of aliphatic hydroxyl groups excluding tert-OH is 1. The van der Waals surface area contributed by atoms with E-state index in [4.69, 9.17) is 10.8 Å². The molecule has 0 aromatic rings. The molecule has 11 heavy (non-hydrogen) atoms. The van der Waals surface area contributed by atoms with Gasteiger partial charge in [0, 0.05) is 34.2 Å². The topological polar surface area (TPSA) is 46.2 Å². The summed E-state index contributed by atoms with van der Waals surface area (Å²) in [6, 6.07) is 0.480. The fraction of sp³-hybridized carbons (Fsp3) is 0.875. The minimum Gasteiger partial charge on any atom is -0.400 e. The second-order valence-electron chi connectivity index (χ2n) is 2.78. The van der Waals surface area contributed by atoms with E-state index in [9.17, 15) is 0 Å². The molecule has 3 N–H and O–H groups in total. The van der Waals surface area contributed by atoms with E-state index < -0.39 is 0 Å². The van der Waals surface area contributed by atoms with Crippen molar-refractivity contribution in [3.8, 4) is 0 Å². The molecule has 1 saturated carbocycles. The third-order valence-corrected chi connectivity index (χ3v) is 1.89. The van der Waals surface area contributed by atoms with E-state index in [1.807, 2.05) is 0 Å². The molecule has 0 aliphatic heterocycles. The van der Waals surface area contributed by atoms with E-state index in [1.165, 1.54) is 25.7 Å². The average molecular weight is 328 g/mol. The quantitative estimate of drug-likeness (QED) is 0.651. The number of hydrogen-bond acceptors (Lipinski definition) is 2. The van der Waals surface area contributed by atoms with E-state index in [2.05, 4.69) is 6.92 Å². The van der Waals surface area contributed by atoms with Crippen molar-refractivity contribution in [3.63, 3.8) is 0 Å². The Hall–Kier alpha value is 0.608. The second-order valence-corrected chi connectivity index (χ2v) is 2.78. The fourth-order valence-electron chi connectivity index (χ4n) is 1.19. The smallest absolute Gasteiger partial charge is 0.0319 e. The molecule has 1 aliphatic carbocycles. The number of nitrogens with two attached hydrogens (primary N) is 1. The molecule has 1 fully saturated rings. The molecule has 0 aromatic carbocycles. The van der Waals surface area contributed by atoms with Gasteiger partial charge >= 0.3 is 0 Å². The average Bonchev–Trinajstić information content (AvgIpc) is 2.00. The summed E-state index contributed by atoms with van der Waals surface area (Å²) in [6.45, 7) is 3.98. The number of aliphatic hydroxyl groups is 1. The maximum Gasteiger partial charge on any atom is 0.0319 e. The SMILES string of the molecule is CO.[CH2-]C1CCC(N)CC1.[W]. The summed E-state index contributed by atoms with van der Waals surface area (Å²) in [4.78, 5) is 0. The summed E-state index contributed by atoms with van der Waals surface area (Å²) in [5, 5.41) is 7.00. The van der Waals surface area contributed by atoms with Crippen LogP contribution >= 0.6 is 0 Å². The van der Waals surface area contributed by atoms with Gasteiger partial charge in [0.2, 0.25) is 0 Å². The van der Waals surface area contributed by atoms with Crippen LogP contribution in [0.3, 0.4) is 0 Å². The molecule has 0 aromatic heterocycles. The largest absolute Gasteiger partial charge is 0.400 e. The van der Waals surface area contributed by atoms with Crippen molar-refractivity contribution in [1.29, 1.82) is 0 Å². The first-order valence-electron chi connectivity index (χ1n) is 3.82. The Morgan fingerprint density at radius 1 is 1.18 bits per heavy atom. The Kier molecular flexibility index (Phi) is 11.2. The van der Waals surface area contributed by atoms with Crippen LogP contribution in [0, 0.1) is 12.8 Å². The van der Waals surface area contributed by atoms with Crippen molar-refractivity contribution in [3.05, 3.63) is 6.92 Å². The molecule has 0 saturated heterocycles. The van der Waals surface area contributed by atoms with Gasteiger partial charge in [0.1, 0.15) is 0 Å². The zero-order chi connectivity index (χ0) is 7.98. The van der Waals surface area contributed by atoms with Crippen molar-refractivity contribution < 1.29 is 26.2 Å². The zero-order valence-corrected chi connectivity index (χ0v) is 10.1. The molecule has 68 valence electrons. The van der Waals surface area contributed by atoms with Crippen molar-refractivity contribution >= 4 is 0 Å². The molecule has 1 rings (SSSR count). The first-order chi connectivity index (χ1) is 4.79. The van der Waals surface area contributed by atoms with Gasteiger partial charge < -0.3 is 17.8 Å². The third kappa shape index (κ3) is 6.99. The molecule has 2 nitrogen and oxygen atoms in total. The summed E-state index contributed by atoms with van der Waals surface area (Å²) < 4.78 is 0. The molecule has 1 aliphatic rings. The molecule has 3 heteroatoms. The minimum absolute atomic E-state index is 0.